The Bertz CT molecular complexity index is 817. The molecule has 1 heterocycles. The van der Waals surface area contributed by atoms with E-state index in [4.69, 9.17) is 0 Å². The van der Waals surface area contributed by atoms with Gasteiger partial charge in [0.25, 0.3) is 0 Å². The zero-order valence-corrected chi connectivity index (χ0v) is 17.2. The molecule has 3 rings (SSSR count). The molecule has 1 aliphatic heterocycles. The smallest absolute Gasteiger partial charge is 0.229 e. The van der Waals surface area contributed by atoms with Crippen LogP contribution in [0.2, 0.25) is 0 Å². The SMILES string of the molecule is CC(C)c1cccc(C(C)C)c1NC(=O)[C@@H]1CC(=O)N(Cc2ccccc2)C1. The van der Waals surface area contributed by atoms with Crippen molar-refractivity contribution in [2.75, 3.05) is 11.9 Å². The number of anilines is 1. The predicted molar refractivity (Wildman–Crippen MR) is 113 cm³/mol. The molecule has 1 aliphatic rings. The van der Waals surface area contributed by atoms with Crippen molar-refractivity contribution in [3.8, 4) is 0 Å². The van der Waals surface area contributed by atoms with Crippen molar-refractivity contribution < 1.29 is 9.59 Å². The molecule has 0 radical (unpaired) electrons. The van der Waals surface area contributed by atoms with Gasteiger partial charge >= 0.3 is 0 Å². The van der Waals surface area contributed by atoms with E-state index in [-0.39, 0.29) is 24.2 Å². The van der Waals surface area contributed by atoms with Crippen LogP contribution in [0, 0.1) is 5.92 Å². The first-order valence-electron chi connectivity index (χ1n) is 10.1. The molecule has 1 saturated heterocycles. The summed E-state index contributed by atoms with van der Waals surface area (Å²) in [6.45, 7) is 9.57. The third-order valence-corrected chi connectivity index (χ3v) is 5.42. The standard InChI is InChI=1S/C24H30N2O2/c1-16(2)20-11-8-12-21(17(3)4)23(20)25-24(28)19-13-22(27)26(15-19)14-18-9-6-5-7-10-18/h5-12,16-17,19H,13-15H2,1-4H3,(H,25,28)/t19-/m1/s1. The highest BCUT2D eigenvalue weighted by Crippen LogP contribution is 2.33. The molecule has 4 nitrogen and oxygen atoms in total. The first-order chi connectivity index (χ1) is 13.4. The van der Waals surface area contributed by atoms with Gasteiger partial charge in [-0.25, -0.2) is 0 Å². The third kappa shape index (κ3) is 4.44. The van der Waals surface area contributed by atoms with Gasteiger partial charge in [-0.3, -0.25) is 9.59 Å². The first-order valence-corrected chi connectivity index (χ1v) is 10.1. The number of benzene rings is 2. The summed E-state index contributed by atoms with van der Waals surface area (Å²) < 4.78 is 0. The maximum Gasteiger partial charge on any atom is 0.229 e. The highest BCUT2D eigenvalue weighted by Gasteiger charge is 2.34. The third-order valence-electron chi connectivity index (χ3n) is 5.42. The lowest BCUT2D eigenvalue weighted by Crippen LogP contribution is -2.28. The summed E-state index contributed by atoms with van der Waals surface area (Å²) in [5.74, 6) is 0.308. The van der Waals surface area contributed by atoms with E-state index in [1.165, 1.54) is 0 Å². The van der Waals surface area contributed by atoms with Crippen LogP contribution >= 0.6 is 0 Å². The lowest BCUT2D eigenvalue weighted by molar-refractivity contribution is -0.128. The Morgan fingerprint density at radius 2 is 1.61 bits per heavy atom. The number of carbonyl (C=O) groups excluding carboxylic acids is 2. The number of likely N-dealkylation sites (tertiary alicyclic amines) is 1. The van der Waals surface area contributed by atoms with Crippen molar-refractivity contribution in [1.29, 1.82) is 0 Å². The fourth-order valence-electron chi connectivity index (χ4n) is 3.83. The van der Waals surface area contributed by atoms with Crippen LogP contribution in [-0.2, 0) is 16.1 Å². The van der Waals surface area contributed by atoms with Crippen LogP contribution in [0.15, 0.2) is 48.5 Å². The summed E-state index contributed by atoms with van der Waals surface area (Å²) in [5.41, 5.74) is 4.30. The van der Waals surface area contributed by atoms with Gasteiger partial charge in [0, 0.05) is 25.2 Å². The van der Waals surface area contributed by atoms with E-state index < -0.39 is 0 Å². The Morgan fingerprint density at radius 3 is 2.18 bits per heavy atom. The van der Waals surface area contributed by atoms with E-state index in [1.54, 1.807) is 4.90 Å². The molecule has 2 amide bonds. The second kappa shape index (κ2) is 8.59. The second-order valence-electron chi connectivity index (χ2n) is 8.27. The summed E-state index contributed by atoms with van der Waals surface area (Å²) >= 11 is 0. The van der Waals surface area contributed by atoms with Crippen LogP contribution in [-0.4, -0.2) is 23.3 Å². The van der Waals surface area contributed by atoms with E-state index >= 15 is 0 Å². The molecule has 1 N–H and O–H groups in total. The Labute approximate surface area is 167 Å². The highest BCUT2D eigenvalue weighted by atomic mass is 16.2. The Hall–Kier alpha value is -2.62. The minimum Gasteiger partial charge on any atom is -0.338 e. The summed E-state index contributed by atoms with van der Waals surface area (Å²) in [5, 5.41) is 3.17. The fraction of sp³-hybridized carbons (Fsp3) is 0.417. The van der Waals surface area contributed by atoms with Gasteiger partial charge < -0.3 is 10.2 Å². The van der Waals surface area contributed by atoms with Crippen LogP contribution in [0.1, 0.15) is 62.6 Å². The van der Waals surface area contributed by atoms with E-state index in [0.29, 0.717) is 24.9 Å². The average molecular weight is 379 g/mol. The minimum absolute atomic E-state index is 0.0465. The monoisotopic (exact) mass is 378 g/mol. The van der Waals surface area contributed by atoms with Crippen molar-refractivity contribution in [1.82, 2.24) is 4.90 Å². The number of rotatable bonds is 6. The normalized spacial score (nSPS) is 16.9. The van der Waals surface area contributed by atoms with Crippen LogP contribution in [0.25, 0.3) is 0 Å². The van der Waals surface area contributed by atoms with Gasteiger partial charge in [0.05, 0.1) is 5.92 Å². The molecule has 4 heteroatoms. The number of nitrogens with one attached hydrogen (secondary N) is 1. The zero-order valence-electron chi connectivity index (χ0n) is 17.2. The van der Waals surface area contributed by atoms with Gasteiger partial charge in [-0.05, 0) is 28.5 Å². The molecule has 0 aliphatic carbocycles. The van der Waals surface area contributed by atoms with Crippen molar-refractivity contribution in [3.63, 3.8) is 0 Å². The molecule has 28 heavy (non-hydrogen) atoms. The zero-order chi connectivity index (χ0) is 20.3. The van der Waals surface area contributed by atoms with Crippen LogP contribution in [0.5, 0.6) is 0 Å². The van der Waals surface area contributed by atoms with Crippen molar-refractivity contribution >= 4 is 17.5 Å². The van der Waals surface area contributed by atoms with E-state index in [1.807, 2.05) is 30.3 Å². The molecule has 0 aromatic heterocycles. The Kier molecular flexibility index (Phi) is 6.18. The molecule has 0 bridgehead atoms. The van der Waals surface area contributed by atoms with Gasteiger partial charge in [0.15, 0.2) is 0 Å². The van der Waals surface area contributed by atoms with E-state index in [9.17, 15) is 9.59 Å². The topological polar surface area (TPSA) is 49.4 Å². The minimum atomic E-state index is -0.309. The number of hydrogen-bond acceptors (Lipinski definition) is 2. The van der Waals surface area contributed by atoms with Gasteiger partial charge in [-0.1, -0.05) is 76.2 Å². The van der Waals surface area contributed by atoms with Gasteiger partial charge in [-0.15, -0.1) is 0 Å². The number of nitrogens with zero attached hydrogens (tertiary/aromatic N) is 1. The second-order valence-corrected chi connectivity index (χ2v) is 8.27. The Balaban J connectivity index is 1.75. The maximum absolute atomic E-state index is 13.0. The van der Waals surface area contributed by atoms with Gasteiger partial charge in [-0.2, -0.15) is 0 Å². The molecule has 2 aromatic carbocycles. The van der Waals surface area contributed by atoms with E-state index in [2.05, 4.69) is 51.2 Å². The lowest BCUT2D eigenvalue weighted by Gasteiger charge is -2.21. The molecule has 1 fully saturated rings. The number of hydrogen-bond donors (Lipinski definition) is 1. The molecular weight excluding hydrogens is 348 g/mol. The lowest BCUT2D eigenvalue weighted by atomic mass is 9.92. The number of amides is 2. The van der Waals surface area contributed by atoms with Gasteiger partial charge in [0.1, 0.15) is 0 Å². The summed E-state index contributed by atoms with van der Waals surface area (Å²) in [6.07, 6.45) is 0.277. The Morgan fingerprint density at radius 1 is 1.00 bits per heavy atom. The van der Waals surface area contributed by atoms with Crippen LogP contribution in [0.4, 0.5) is 5.69 Å². The van der Waals surface area contributed by atoms with Crippen LogP contribution < -0.4 is 5.32 Å². The van der Waals surface area contributed by atoms with Crippen LogP contribution in [0.3, 0.4) is 0 Å². The van der Waals surface area contributed by atoms with Crippen molar-refractivity contribution in [2.24, 2.45) is 5.92 Å². The molecular formula is C24H30N2O2. The van der Waals surface area contributed by atoms with Crippen molar-refractivity contribution in [2.45, 2.75) is 52.5 Å². The molecule has 0 spiro atoms. The molecule has 1 atom stereocenters. The summed E-state index contributed by atoms with van der Waals surface area (Å²) in [6, 6.07) is 16.1. The molecule has 0 unspecified atom stereocenters. The molecule has 0 saturated carbocycles. The highest BCUT2D eigenvalue weighted by molar-refractivity contribution is 5.98. The quantitative estimate of drug-likeness (QED) is 0.775. The predicted octanol–water partition coefficient (Wildman–Crippen LogP) is 4.92. The maximum atomic E-state index is 13.0. The molecule has 2 aromatic rings. The number of para-hydroxylation sites is 1. The average Bonchev–Trinajstić information content (AvgIpc) is 3.03. The van der Waals surface area contributed by atoms with Crippen molar-refractivity contribution in [3.05, 3.63) is 65.2 Å². The first kappa shape index (κ1) is 20.1. The summed E-state index contributed by atoms with van der Waals surface area (Å²) in [4.78, 5) is 27.2. The van der Waals surface area contributed by atoms with Gasteiger partial charge in [0.2, 0.25) is 11.8 Å². The van der Waals surface area contributed by atoms with E-state index in [0.717, 1.165) is 22.4 Å². The summed E-state index contributed by atoms with van der Waals surface area (Å²) in [7, 11) is 0. The fourth-order valence-corrected chi connectivity index (χ4v) is 3.83. The number of carbonyl (C=O) groups is 2. The molecule has 148 valence electrons. The largest absolute Gasteiger partial charge is 0.338 e.